The topological polar surface area (TPSA) is 38.3 Å². The molecule has 2 atom stereocenters. The summed E-state index contributed by atoms with van der Waals surface area (Å²) in [6.07, 6.45) is -5.21. The molecule has 0 aromatic rings. The zero-order valence-electron chi connectivity index (χ0n) is 10.8. The first-order chi connectivity index (χ1) is 7.41. The average molecular weight is 255 g/mol. The maximum atomic E-state index is 12.1. The van der Waals surface area contributed by atoms with Gasteiger partial charge in [-0.2, -0.15) is 13.2 Å². The molecular formula is C11H20F3NO2. The number of halogens is 3. The molecule has 0 aliphatic heterocycles. The van der Waals surface area contributed by atoms with E-state index in [9.17, 15) is 18.0 Å². The number of carbonyl (C=O) groups is 1. The summed E-state index contributed by atoms with van der Waals surface area (Å²) in [6.45, 7) is 7.99. The van der Waals surface area contributed by atoms with E-state index in [1.54, 1.807) is 20.8 Å². The number of alkyl halides is 3. The van der Waals surface area contributed by atoms with Gasteiger partial charge < -0.3 is 10.1 Å². The minimum atomic E-state index is -4.24. The predicted molar refractivity (Wildman–Crippen MR) is 58.6 cm³/mol. The Labute approximate surface area is 99.7 Å². The van der Waals surface area contributed by atoms with Crippen LogP contribution in [0.15, 0.2) is 0 Å². The third kappa shape index (κ3) is 8.97. The first-order valence-corrected chi connectivity index (χ1v) is 5.46. The number of rotatable bonds is 4. The van der Waals surface area contributed by atoms with Crippen molar-refractivity contribution in [2.45, 2.75) is 64.9 Å². The Morgan fingerprint density at radius 1 is 1.24 bits per heavy atom. The summed E-state index contributed by atoms with van der Waals surface area (Å²) in [7, 11) is 0. The Kier molecular flexibility index (Phi) is 5.45. The van der Waals surface area contributed by atoms with Crippen LogP contribution in [0.3, 0.4) is 0 Å². The zero-order valence-corrected chi connectivity index (χ0v) is 10.8. The SMILES string of the molecule is CC(CC(F)(F)F)NC(C)C(=O)OC(C)(C)C. The fraction of sp³-hybridized carbons (Fsp3) is 0.909. The lowest BCUT2D eigenvalue weighted by Gasteiger charge is -2.25. The summed E-state index contributed by atoms with van der Waals surface area (Å²) in [5, 5.41) is 2.56. The predicted octanol–water partition coefficient (Wildman–Crippen LogP) is 2.65. The van der Waals surface area contributed by atoms with Crippen LogP contribution in [0.5, 0.6) is 0 Å². The Morgan fingerprint density at radius 3 is 2.06 bits per heavy atom. The molecule has 0 amide bonds. The van der Waals surface area contributed by atoms with Crippen LogP contribution < -0.4 is 5.32 Å². The van der Waals surface area contributed by atoms with Crippen molar-refractivity contribution in [1.29, 1.82) is 0 Å². The highest BCUT2D eigenvalue weighted by Gasteiger charge is 2.31. The minimum Gasteiger partial charge on any atom is -0.459 e. The molecule has 0 aromatic carbocycles. The van der Waals surface area contributed by atoms with Crippen molar-refractivity contribution in [2.24, 2.45) is 0 Å². The van der Waals surface area contributed by atoms with Crippen LogP contribution in [-0.2, 0) is 9.53 Å². The lowest BCUT2D eigenvalue weighted by atomic mass is 10.1. The van der Waals surface area contributed by atoms with E-state index in [1.165, 1.54) is 13.8 Å². The maximum Gasteiger partial charge on any atom is 0.390 e. The van der Waals surface area contributed by atoms with Gasteiger partial charge in [0.25, 0.3) is 0 Å². The normalized spacial score (nSPS) is 16.5. The van der Waals surface area contributed by atoms with E-state index >= 15 is 0 Å². The molecule has 0 aromatic heterocycles. The maximum absolute atomic E-state index is 12.1. The summed E-state index contributed by atoms with van der Waals surface area (Å²) in [4.78, 5) is 11.5. The molecule has 0 rings (SSSR count). The van der Waals surface area contributed by atoms with Crippen molar-refractivity contribution in [2.75, 3.05) is 0 Å². The molecule has 0 radical (unpaired) electrons. The summed E-state index contributed by atoms with van der Waals surface area (Å²) < 4.78 is 41.3. The molecule has 6 heteroatoms. The highest BCUT2D eigenvalue weighted by atomic mass is 19.4. The van der Waals surface area contributed by atoms with Crippen molar-refractivity contribution in [3.05, 3.63) is 0 Å². The summed E-state index contributed by atoms with van der Waals surface area (Å²) >= 11 is 0. The van der Waals surface area contributed by atoms with Gasteiger partial charge in [-0.25, -0.2) is 0 Å². The van der Waals surface area contributed by atoms with Gasteiger partial charge in [0.05, 0.1) is 6.42 Å². The lowest BCUT2D eigenvalue weighted by molar-refractivity contribution is -0.159. The van der Waals surface area contributed by atoms with Gasteiger partial charge >= 0.3 is 12.1 Å². The molecule has 102 valence electrons. The smallest absolute Gasteiger partial charge is 0.390 e. The lowest BCUT2D eigenvalue weighted by Crippen LogP contribution is -2.44. The van der Waals surface area contributed by atoms with Gasteiger partial charge in [-0.1, -0.05) is 0 Å². The van der Waals surface area contributed by atoms with E-state index in [2.05, 4.69) is 5.32 Å². The molecule has 0 saturated carbocycles. The second-order valence-electron chi connectivity index (χ2n) is 5.14. The van der Waals surface area contributed by atoms with Gasteiger partial charge in [0.15, 0.2) is 0 Å². The molecule has 2 unspecified atom stereocenters. The number of hydrogen-bond donors (Lipinski definition) is 1. The molecule has 3 nitrogen and oxygen atoms in total. The molecule has 0 aliphatic rings. The monoisotopic (exact) mass is 255 g/mol. The second kappa shape index (κ2) is 5.71. The van der Waals surface area contributed by atoms with E-state index in [4.69, 9.17) is 4.74 Å². The standard InChI is InChI=1S/C11H20F3NO2/c1-7(6-11(12,13)14)15-8(2)9(16)17-10(3,4)5/h7-8,15H,6H2,1-5H3. The van der Waals surface area contributed by atoms with Gasteiger partial charge in [-0.05, 0) is 34.6 Å². The van der Waals surface area contributed by atoms with E-state index < -0.39 is 36.3 Å². The average Bonchev–Trinajstić information content (AvgIpc) is 1.95. The molecule has 0 spiro atoms. The molecule has 0 heterocycles. The third-order valence-electron chi connectivity index (χ3n) is 1.83. The van der Waals surface area contributed by atoms with Crippen molar-refractivity contribution in [1.82, 2.24) is 5.32 Å². The molecule has 17 heavy (non-hydrogen) atoms. The van der Waals surface area contributed by atoms with Crippen LogP contribution >= 0.6 is 0 Å². The van der Waals surface area contributed by atoms with E-state index in [-0.39, 0.29) is 0 Å². The van der Waals surface area contributed by atoms with Crippen molar-refractivity contribution >= 4 is 5.97 Å². The fourth-order valence-electron chi connectivity index (χ4n) is 1.29. The second-order valence-corrected chi connectivity index (χ2v) is 5.14. The third-order valence-corrected chi connectivity index (χ3v) is 1.83. The summed E-state index contributed by atoms with van der Waals surface area (Å²) in [6, 6.07) is -1.58. The number of hydrogen-bond acceptors (Lipinski definition) is 3. The molecule has 0 aliphatic carbocycles. The van der Waals surface area contributed by atoms with E-state index in [1.807, 2.05) is 0 Å². The minimum absolute atomic E-state index is 0.550. The van der Waals surface area contributed by atoms with Crippen LogP contribution in [-0.4, -0.2) is 29.8 Å². The molecule has 0 fully saturated rings. The highest BCUT2D eigenvalue weighted by molar-refractivity contribution is 5.75. The fourth-order valence-corrected chi connectivity index (χ4v) is 1.29. The quantitative estimate of drug-likeness (QED) is 0.785. The van der Waals surface area contributed by atoms with Gasteiger partial charge in [-0.15, -0.1) is 0 Å². The van der Waals surface area contributed by atoms with Gasteiger partial charge in [0, 0.05) is 6.04 Å². The largest absolute Gasteiger partial charge is 0.459 e. The van der Waals surface area contributed by atoms with Crippen LogP contribution in [0.2, 0.25) is 0 Å². The molecule has 1 N–H and O–H groups in total. The van der Waals surface area contributed by atoms with Crippen LogP contribution in [0, 0.1) is 0 Å². The van der Waals surface area contributed by atoms with Crippen molar-refractivity contribution in [3.63, 3.8) is 0 Å². The zero-order chi connectivity index (χ0) is 13.9. The number of ether oxygens (including phenoxy) is 1. The van der Waals surface area contributed by atoms with Crippen LogP contribution in [0.4, 0.5) is 13.2 Å². The number of nitrogens with one attached hydrogen (secondary N) is 1. The van der Waals surface area contributed by atoms with E-state index in [0.29, 0.717) is 0 Å². The first-order valence-electron chi connectivity index (χ1n) is 5.46. The summed E-state index contributed by atoms with van der Waals surface area (Å²) in [5.74, 6) is -0.550. The summed E-state index contributed by atoms with van der Waals surface area (Å²) in [5.41, 5.74) is -0.639. The first kappa shape index (κ1) is 16.2. The molecule has 0 bridgehead atoms. The van der Waals surface area contributed by atoms with E-state index in [0.717, 1.165) is 0 Å². The van der Waals surface area contributed by atoms with Crippen molar-refractivity contribution in [3.8, 4) is 0 Å². The van der Waals surface area contributed by atoms with Gasteiger partial charge in [0.2, 0.25) is 0 Å². The number of carbonyl (C=O) groups excluding carboxylic acids is 1. The Morgan fingerprint density at radius 2 is 1.71 bits per heavy atom. The van der Waals surface area contributed by atoms with Gasteiger partial charge in [0.1, 0.15) is 11.6 Å². The van der Waals surface area contributed by atoms with Gasteiger partial charge in [-0.3, -0.25) is 4.79 Å². The Hall–Kier alpha value is -0.780. The Bertz CT molecular complexity index is 258. The van der Waals surface area contributed by atoms with Crippen LogP contribution in [0.25, 0.3) is 0 Å². The highest BCUT2D eigenvalue weighted by Crippen LogP contribution is 2.21. The molecule has 0 saturated heterocycles. The van der Waals surface area contributed by atoms with Crippen LogP contribution in [0.1, 0.15) is 41.0 Å². The number of esters is 1. The molecular weight excluding hydrogens is 235 g/mol. The Balaban J connectivity index is 4.17. The van der Waals surface area contributed by atoms with Crippen molar-refractivity contribution < 1.29 is 22.7 Å².